The smallest absolute Gasteiger partial charge is 0.0929 e. The first kappa shape index (κ1) is 12.5. The average Bonchev–Trinajstić information content (AvgIpc) is 2.46. The van der Waals surface area contributed by atoms with E-state index in [0.29, 0.717) is 0 Å². The molecular formula is C16H18N2. The second kappa shape index (κ2) is 6.10. The third kappa shape index (κ3) is 3.27. The maximum absolute atomic E-state index is 4.40. The van der Waals surface area contributed by atoms with Crippen LogP contribution in [0.5, 0.6) is 0 Å². The first-order valence-corrected chi connectivity index (χ1v) is 6.27. The van der Waals surface area contributed by atoms with Gasteiger partial charge in [-0.25, -0.2) is 0 Å². The van der Waals surface area contributed by atoms with E-state index in [2.05, 4.69) is 48.3 Å². The molecular weight excluding hydrogens is 220 g/mol. The molecule has 92 valence electrons. The fraction of sp³-hybridized carbons (Fsp3) is 0.250. The SMILES string of the molecule is CC(/N=N/C(C)c1ccccc1)c1ccccc1. The van der Waals surface area contributed by atoms with Crippen molar-refractivity contribution in [3.63, 3.8) is 0 Å². The molecule has 0 saturated heterocycles. The molecule has 0 spiro atoms. The van der Waals surface area contributed by atoms with Gasteiger partial charge in [-0.15, -0.1) is 0 Å². The molecule has 0 heterocycles. The van der Waals surface area contributed by atoms with E-state index in [1.54, 1.807) is 0 Å². The molecule has 0 bridgehead atoms. The van der Waals surface area contributed by atoms with Gasteiger partial charge in [-0.2, -0.15) is 10.2 Å². The summed E-state index contributed by atoms with van der Waals surface area (Å²) in [5, 5.41) is 8.79. The van der Waals surface area contributed by atoms with E-state index in [4.69, 9.17) is 0 Å². The Labute approximate surface area is 108 Å². The van der Waals surface area contributed by atoms with Crippen LogP contribution in [0.4, 0.5) is 0 Å². The molecule has 2 atom stereocenters. The Morgan fingerprint density at radius 3 is 1.28 bits per heavy atom. The highest BCUT2D eigenvalue weighted by Gasteiger charge is 2.05. The molecule has 0 amide bonds. The minimum absolute atomic E-state index is 0.109. The van der Waals surface area contributed by atoms with Crippen LogP contribution in [0.25, 0.3) is 0 Å². The van der Waals surface area contributed by atoms with Crippen LogP contribution < -0.4 is 0 Å². The quantitative estimate of drug-likeness (QED) is 0.672. The number of hydrogen-bond acceptors (Lipinski definition) is 2. The Hall–Kier alpha value is -1.96. The van der Waals surface area contributed by atoms with Crippen molar-refractivity contribution in [1.29, 1.82) is 0 Å². The molecule has 0 aliphatic rings. The molecule has 0 aliphatic heterocycles. The largest absolute Gasteiger partial charge is 0.186 e. The van der Waals surface area contributed by atoms with Crippen molar-refractivity contribution in [2.24, 2.45) is 10.2 Å². The highest BCUT2D eigenvalue weighted by atomic mass is 15.1. The van der Waals surface area contributed by atoms with Crippen molar-refractivity contribution in [1.82, 2.24) is 0 Å². The molecule has 0 N–H and O–H groups in total. The van der Waals surface area contributed by atoms with Gasteiger partial charge in [0.2, 0.25) is 0 Å². The molecule has 0 radical (unpaired) electrons. The van der Waals surface area contributed by atoms with Crippen molar-refractivity contribution in [2.75, 3.05) is 0 Å². The van der Waals surface area contributed by atoms with Gasteiger partial charge < -0.3 is 0 Å². The number of benzene rings is 2. The number of rotatable bonds is 4. The summed E-state index contributed by atoms with van der Waals surface area (Å²) < 4.78 is 0. The van der Waals surface area contributed by atoms with E-state index in [9.17, 15) is 0 Å². The van der Waals surface area contributed by atoms with Gasteiger partial charge in [-0.05, 0) is 25.0 Å². The molecule has 2 aromatic rings. The van der Waals surface area contributed by atoms with Crippen LogP contribution in [-0.4, -0.2) is 0 Å². The Bertz CT molecular complexity index is 444. The highest BCUT2D eigenvalue weighted by molar-refractivity contribution is 5.19. The van der Waals surface area contributed by atoms with Crippen molar-refractivity contribution in [3.8, 4) is 0 Å². The molecule has 0 aliphatic carbocycles. The second-order valence-electron chi connectivity index (χ2n) is 4.40. The summed E-state index contributed by atoms with van der Waals surface area (Å²) in [6.45, 7) is 4.13. The van der Waals surface area contributed by atoms with Crippen LogP contribution in [0.3, 0.4) is 0 Å². The van der Waals surface area contributed by atoms with Gasteiger partial charge in [-0.3, -0.25) is 0 Å². The Balaban J connectivity index is 2.03. The van der Waals surface area contributed by atoms with Gasteiger partial charge >= 0.3 is 0 Å². The minimum Gasteiger partial charge on any atom is -0.186 e. The third-order valence-corrected chi connectivity index (χ3v) is 2.98. The summed E-state index contributed by atoms with van der Waals surface area (Å²) >= 11 is 0. The molecule has 2 unspecified atom stereocenters. The van der Waals surface area contributed by atoms with Crippen molar-refractivity contribution < 1.29 is 0 Å². The maximum Gasteiger partial charge on any atom is 0.0929 e. The molecule has 0 fully saturated rings. The third-order valence-electron chi connectivity index (χ3n) is 2.98. The fourth-order valence-electron chi connectivity index (χ4n) is 1.80. The van der Waals surface area contributed by atoms with Gasteiger partial charge in [0.25, 0.3) is 0 Å². The number of nitrogens with zero attached hydrogens (tertiary/aromatic N) is 2. The summed E-state index contributed by atoms with van der Waals surface area (Å²) in [4.78, 5) is 0. The van der Waals surface area contributed by atoms with Crippen LogP contribution in [0.1, 0.15) is 37.1 Å². The molecule has 2 aromatic carbocycles. The minimum atomic E-state index is 0.109. The lowest BCUT2D eigenvalue weighted by Crippen LogP contribution is -1.91. The molecule has 18 heavy (non-hydrogen) atoms. The Kier molecular flexibility index (Phi) is 4.24. The van der Waals surface area contributed by atoms with Crippen LogP contribution in [0.2, 0.25) is 0 Å². The summed E-state index contributed by atoms with van der Waals surface area (Å²) in [6.07, 6.45) is 0. The van der Waals surface area contributed by atoms with E-state index in [0.717, 1.165) is 0 Å². The molecule has 2 heteroatoms. The Morgan fingerprint density at radius 2 is 0.944 bits per heavy atom. The maximum atomic E-state index is 4.40. The lowest BCUT2D eigenvalue weighted by atomic mass is 10.1. The predicted molar refractivity (Wildman–Crippen MR) is 74.6 cm³/mol. The van der Waals surface area contributed by atoms with Gasteiger partial charge in [0.1, 0.15) is 0 Å². The van der Waals surface area contributed by atoms with Crippen molar-refractivity contribution >= 4 is 0 Å². The normalized spacial score (nSPS) is 14.6. The zero-order chi connectivity index (χ0) is 12.8. The summed E-state index contributed by atoms with van der Waals surface area (Å²) in [5.41, 5.74) is 2.39. The average molecular weight is 238 g/mol. The van der Waals surface area contributed by atoms with E-state index >= 15 is 0 Å². The van der Waals surface area contributed by atoms with Gasteiger partial charge in [-0.1, -0.05) is 60.7 Å². The van der Waals surface area contributed by atoms with Crippen LogP contribution in [0.15, 0.2) is 70.9 Å². The van der Waals surface area contributed by atoms with Gasteiger partial charge in [0, 0.05) is 0 Å². The molecule has 2 rings (SSSR count). The zero-order valence-electron chi connectivity index (χ0n) is 10.8. The molecule has 2 nitrogen and oxygen atoms in total. The lowest BCUT2D eigenvalue weighted by molar-refractivity contribution is 0.661. The fourth-order valence-corrected chi connectivity index (χ4v) is 1.80. The molecule has 0 aromatic heterocycles. The van der Waals surface area contributed by atoms with Crippen molar-refractivity contribution in [2.45, 2.75) is 25.9 Å². The van der Waals surface area contributed by atoms with E-state index in [1.165, 1.54) is 11.1 Å². The van der Waals surface area contributed by atoms with Crippen LogP contribution >= 0.6 is 0 Å². The standard InChI is InChI=1S/C16H18N2/c1-13(15-9-5-3-6-10-15)17-18-14(2)16-11-7-4-8-12-16/h3-14H,1-2H3/b18-17+. The van der Waals surface area contributed by atoms with Crippen LogP contribution in [0, 0.1) is 0 Å². The van der Waals surface area contributed by atoms with E-state index < -0.39 is 0 Å². The Morgan fingerprint density at radius 1 is 0.611 bits per heavy atom. The zero-order valence-corrected chi connectivity index (χ0v) is 10.8. The summed E-state index contributed by atoms with van der Waals surface area (Å²) in [7, 11) is 0. The first-order chi connectivity index (χ1) is 8.77. The number of hydrogen-bond donors (Lipinski definition) is 0. The summed E-state index contributed by atoms with van der Waals surface area (Å²) in [6, 6.07) is 20.7. The first-order valence-electron chi connectivity index (χ1n) is 6.27. The van der Waals surface area contributed by atoms with Crippen molar-refractivity contribution in [3.05, 3.63) is 71.8 Å². The topological polar surface area (TPSA) is 24.7 Å². The van der Waals surface area contributed by atoms with Crippen LogP contribution in [-0.2, 0) is 0 Å². The monoisotopic (exact) mass is 238 g/mol. The van der Waals surface area contributed by atoms with Gasteiger partial charge in [0.15, 0.2) is 0 Å². The highest BCUT2D eigenvalue weighted by Crippen LogP contribution is 2.21. The number of azo groups is 1. The summed E-state index contributed by atoms with van der Waals surface area (Å²) in [5.74, 6) is 0. The molecule has 0 saturated carbocycles. The van der Waals surface area contributed by atoms with E-state index in [-0.39, 0.29) is 12.1 Å². The van der Waals surface area contributed by atoms with E-state index in [1.807, 2.05) is 36.4 Å². The lowest BCUT2D eigenvalue weighted by Gasteiger charge is -2.08. The predicted octanol–water partition coefficient (Wildman–Crippen LogP) is 4.96. The van der Waals surface area contributed by atoms with Gasteiger partial charge in [0.05, 0.1) is 12.1 Å². The second-order valence-corrected chi connectivity index (χ2v) is 4.40.